The van der Waals surface area contributed by atoms with Gasteiger partial charge in [-0.05, 0) is 17.7 Å². The summed E-state index contributed by atoms with van der Waals surface area (Å²) in [5.41, 5.74) is 0.295. The highest BCUT2D eigenvalue weighted by Gasteiger charge is 2.10. The average Bonchev–Trinajstić information content (AvgIpc) is 2.31. The van der Waals surface area contributed by atoms with Gasteiger partial charge in [0.25, 0.3) is 0 Å². The fourth-order valence-electron chi connectivity index (χ4n) is 1.36. The largest absolute Gasteiger partial charge is 0.349 e. The zero-order chi connectivity index (χ0) is 13.7. The summed E-state index contributed by atoms with van der Waals surface area (Å²) in [4.78, 5) is 12.7. The second-order valence-electron chi connectivity index (χ2n) is 4.09. The van der Waals surface area contributed by atoms with Gasteiger partial charge < -0.3 is 10.2 Å². The predicted octanol–water partition coefficient (Wildman–Crippen LogP) is 1.67. The summed E-state index contributed by atoms with van der Waals surface area (Å²) in [5.74, 6) is -3.94. The Balaban J connectivity index is 2.43. The lowest BCUT2D eigenvalue weighted by atomic mass is 10.2. The molecule has 6 heteroatoms. The number of amides is 1. The third-order valence-electron chi connectivity index (χ3n) is 2.39. The summed E-state index contributed by atoms with van der Waals surface area (Å²) in [6, 6.07) is 1.86. The molecule has 0 heterocycles. The van der Waals surface area contributed by atoms with Crippen LogP contribution in [0.1, 0.15) is 12.0 Å². The lowest BCUT2D eigenvalue weighted by Gasteiger charge is -2.10. The van der Waals surface area contributed by atoms with Crippen molar-refractivity contribution in [2.24, 2.45) is 0 Å². The summed E-state index contributed by atoms with van der Waals surface area (Å²) in [7, 11) is 3.29. The second kappa shape index (κ2) is 6.39. The number of hydrogen-bond donors (Lipinski definition) is 1. The Morgan fingerprint density at radius 1 is 1.22 bits per heavy atom. The van der Waals surface area contributed by atoms with E-state index in [1.54, 1.807) is 14.1 Å². The van der Waals surface area contributed by atoms with Gasteiger partial charge >= 0.3 is 0 Å². The quantitative estimate of drug-likeness (QED) is 0.645. The van der Waals surface area contributed by atoms with Gasteiger partial charge in [-0.15, -0.1) is 0 Å². The molecule has 18 heavy (non-hydrogen) atoms. The fourth-order valence-corrected chi connectivity index (χ4v) is 1.36. The molecule has 1 amide bonds. The molecule has 0 aliphatic carbocycles. The van der Waals surface area contributed by atoms with E-state index < -0.39 is 17.5 Å². The zero-order valence-electron chi connectivity index (χ0n) is 10.3. The van der Waals surface area contributed by atoms with E-state index in [9.17, 15) is 18.0 Å². The molecule has 0 bridgehead atoms. The molecule has 0 saturated heterocycles. The van der Waals surface area contributed by atoms with E-state index >= 15 is 0 Å². The minimum Gasteiger partial charge on any atom is -0.349 e. The molecule has 0 unspecified atom stereocenters. The number of rotatable bonds is 5. The maximum absolute atomic E-state index is 12.9. The molecule has 3 nitrogen and oxygen atoms in total. The van der Waals surface area contributed by atoms with Crippen molar-refractivity contribution in [1.82, 2.24) is 10.2 Å². The van der Waals surface area contributed by atoms with E-state index in [1.807, 2.05) is 0 Å². The van der Waals surface area contributed by atoms with E-state index in [0.29, 0.717) is 18.5 Å². The SMILES string of the molecule is CN(C)C(=O)CCNCc1cc(F)c(F)c(F)c1. The molecule has 1 N–H and O–H groups in total. The van der Waals surface area contributed by atoms with Gasteiger partial charge in [0.2, 0.25) is 5.91 Å². The van der Waals surface area contributed by atoms with Crippen molar-refractivity contribution >= 4 is 5.91 Å². The van der Waals surface area contributed by atoms with Crippen molar-refractivity contribution in [3.05, 3.63) is 35.1 Å². The van der Waals surface area contributed by atoms with Crippen LogP contribution in [0.25, 0.3) is 0 Å². The normalized spacial score (nSPS) is 10.5. The van der Waals surface area contributed by atoms with E-state index in [0.717, 1.165) is 12.1 Å². The molecule has 1 rings (SSSR count). The summed E-state index contributed by atoms with van der Waals surface area (Å²) in [6.45, 7) is 0.562. The molecule has 0 atom stereocenters. The Bertz CT molecular complexity index is 412. The monoisotopic (exact) mass is 260 g/mol. The molecule has 0 spiro atoms. The first-order chi connectivity index (χ1) is 8.41. The van der Waals surface area contributed by atoms with Crippen LogP contribution >= 0.6 is 0 Å². The van der Waals surface area contributed by atoms with Gasteiger partial charge in [-0.3, -0.25) is 4.79 Å². The first kappa shape index (κ1) is 14.5. The average molecular weight is 260 g/mol. The number of carbonyl (C=O) groups is 1. The van der Waals surface area contributed by atoms with Gasteiger partial charge in [0, 0.05) is 33.6 Å². The van der Waals surface area contributed by atoms with Crippen molar-refractivity contribution in [2.75, 3.05) is 20.6 Å². The number of halogens is 3. The number of nitrogens with one attached hydrogen (secondary N) is 1. The van der Waals surface area contributed by atoms with Crippen LogP contribution in [0.5, 0.6) is 0 Å². The van der Waals surface area contributed by atoms with Gasteiger partial charge in [-0.1, -0.05) is 0 Å². The summed E-state index contributed by atoms with van der Waals surface area (Å²) in [5, 5.41) is 2.86. The van der Waals surface area contributed by atoms with E-state index in [-0.39, 0.29) is 12.5 Å². The third-order valence-corrected chi connectivity index (χ3v) is 2.39. The van der Waals surface area contributed by atoms with Gasteiger partial charge in [-0.2, -0.15) is 0 Å². The molecule has 0 radical (unpaired) electrons. The molecule has 100 valence electrons. The van der Waals surface area contributed by atoms with Crippen molar-refractivity contribution in [2.45, 2.75) is 13.0 Å². The first-order valence-electron chi connectivity index (χ1n) is 5.46. The highest BCUT2D eigenvalue weighted by Crippen LogP contribution is 2.13. The summed E-state index contributed by atoms with van der Waals surface area (Å²) < 4.78 is 38.4. The maximum Gasteiger partial charge on any atom is 0.223 e. The minimum atomic E-state index is -1.47. The molecule has 1 aromatic carbocycles. The molecule has 1 aromatic rings. The van der Waals surface area contributed by atoms with E-state index in [4.69, 9.17) is 0 Å². The summed E-state index contributed by atoms with van der Waals surface area (Å²) >= 11 is 0. The van der Waals surface area contributed by atoms with Crippen LogP contribution < -0.4 is 5.32 Å². The Labute approximate surface area is 104 Å². The van der Waals surface area contributed by atoms with Crippen molar-refractivity contribution in [3.8, 4) is 0 Å². The Kier molecular flexibility index (Phi) is 5.15. The molecular weight excluding hydrogens is 245 g/mol. The number of benzene rings is 1. The van der Waals surface area contributed by atoms with Gasteiger partial charge in [0.15, 0.2) is 17.5 Å². The Hall–Kier alpha value is -1.56. The van der Waals surface area contributed by atoms with Crippen LogP contribution in [0.3, 0.4) is 0 Å². The highest BCUT2D eigenvalue weighted by molar-refractivity contribution is 5.75. The van der Waals surface area contributed by atoms with Crippen molar-refractivity contribution < 1.29 is 18.0 Å². The van der Waals surface area contributed by atoms with Crippen LogP contribution in [0, 0.1) is 17.5 Å². The van der Waals surface area contributed by atoms with Crippen LogP contribution in [-0.4, -0.2) is 31.4 Å². The molecule has 0 aromatic heterocycles. The Morgan fingerprint density at radius 2 is 1.78 bits per heavy atom. The molecular formula is C12H15F3N2O. The highest BCUT2D eigenvalue weighted by atomic mass is 19.2. The molecule has 0 aliphatic rings. The fraction of sp³-hybridized carbons (Fsp3) is 0.417. The van der Waals surface area contributed by atoms with Crippen molar-refractivity contribution in [1.29, 1.82) is 0 Å². The second-order valence-corrected chi connectivity index (χ2v) is 4.09. The van der Waals surface area contributed by atoms with Gasteiger partial charge in [-0.25, -0.2) is 13.2 Å². The number of carbonyl (C=O) groups excluding carboxylic acids is 1. The molecule has 0 saturated carbocycles. The Morgan fingerprint density at radius 3 is 2.28 bits per heavy atom. The number of nitrogens with zero attached hydrogens (tertiary/aromatic N) is 1. The van der Waals surface area contributed by atoms with Gasteiger partial charge in [0.05, 0.1) is 0 Å². The first-order valence-corrected chi connectivity index (χ1v) is 5.46. The molecule has 0 aliphatic heterocycles. The predicted molar refractivity (Wildman–Crippen MR) is 61.3 cm³/mol. The van der Waals surface area contributed by atoms with Crippen LogP contribution in [-0.2, 0) is 11.3 Å². The smallest absolute Gasteiger partial charge is 0.223 e. The molecule has 0 fully saturated rings. The summed E-state index contributed by atoms with van der Waals surface area (Å²) in [6.07, 6.45) is 0.291. The van der Waals surface area contributed by atoms with Crippen LogP contribution in [0.4, 0.5) is 13.2 Å². The third kappa shape index (κ3) is 4.03. The van der Waals surface area contributed by atoms with E-state index in [2.05, 4.69) is 5.32 Å². The van der Waals surface area contributed by atoms with E-state index in [1.165, 1.54) is 4.90 Å². The minimum absolute atomic E-state index is 0.0426. The number of hydrogen-bond acceptors (Lipinski definition) is 2. The topological polar surface area (TPSA) is 32.3 Å². The van der Waals surface area contributed by atoms with Crippen molar-refractivity contribution in [3.63, 3.8) is 0 Å². The zero-order valence-corrected chi connectivity index (χ0v) is 10.3. The lowest BCUT2D eigenvalue weighted by Crippen LogP contribution is -2.26. The standard InChI is InChI=1S/C12H15F3N2O/c1-17(2)11(18)3-4-16-7-8-5-9(13)12(15)10(14)6-8/h5-6,16H,3-4,7H2,1-2H3. The lowest BCUT2D eigenvalue weighted by molar-refractivity contribution is -0.128. The van der Waals surface area contributed by atoms with Gasteiger partial charge in [0.1, 0.15) is 0 Å². The maximum atomic E-state index is 12.9. The van der Waals surface area contributed by atoms with Crippen LogP contribution in [0.2, 0.25) is 0 Å². The van der Waals surface area contributed by atoms with Crippen LogP contribution in [0.15, 0.2) is 12.1 Å².